The van der Waals surface area contributed by atoms with Crippen LogP contribution in [0.5, 0.6) is 11.5 Å². The normalized spacial score (nSPS) is 18.6. The Labute approximate surface area is 183 Å². The molecule has 2 heterocycles. The number of hydrogen-bond donors (Lipinski definition) is 1. The van der Waals surface area contributed by atoms with E-state index in [9.17, 15) is 4.79 Å². The quantitative estimate of drug-likeness (QED) is 0.523. The van der Waals surface area contributed by atoms with Crippen LogP contribution in [0.2, 0.25) is 0 Å². The highest BCUT2D eigenvalue weighted by Crippen LogP contribution is 2.42. The number of anilines is 1. The van der Waals surface area contributed by atoms with E-state index in [-0.39, 0.29) is 5.91 Å². The van der Waals surface area contributed by atoms with Crippen molar-refractivity contribution in [1.82, 2.24) is 4.90 Å². The first-order chi connectivity index (χ1) is 15.1. The summed E-state index contributed by atoms with van der Waals surface area (Å²) in [6.07, 6.45) is 6.26. The molecule has 0 aromatic heterocycles. The van der Waals surface area contributed by atoms with Gasteiger partial charge in [-0.3, -0.25) is 14.7 Å². The van der Waals surface area contributed by atoms with Gasteiger partial charge in [-0.15, -0.1) is 0 Å². The Balaban J connectivity index is 1.57. The van der Waals surface area contributed by atoms with Crippen LogP contribution < -0.4 is 14.8 Å². The highest BCUT2D eigenvalue weighted by Gasteiger charge is 2.35. The van der Waals surface area contributed by atoms with E-state index in [4.69, 9.17) is 14.5 Å². The number of aliphatic imine (C=N–C) groups is 1. The summed E-state index contributed by atoms with van der Waals surface area (Å²) in [7, 11) is 3.18. The number of carbonyl (C=O) groups excluding carboxylic acids is 1. The maximum Gasteiger partial charge on any atom is 0.237 e. The third kappa shape index (κ3) is 4.49. The minimum Gasteiger partial charge on any atom is -0.493 e. The summed E-state index contributed by atoms with van der Waals surface area (Å²) < 4.78 is 10.8. The summed E-state index contributed by atoms with van der Waals surface area (Å²) >= 11 is 0. The second kappa shape index (κ2) is 9.35. The second-order valence-electron chi connectivity index (χ2n) is 7.84. The monoisotopic (exact) mass is 419 g/mol. The standard InChI is InChI=1S/C25H29N3O3/c1-4-20(24-19-14-22(30-2)23(31-3)15-21(19)27-25(24)29)26-18-10-8-17(9-11-18)16-28-12-6-5-7-13-28/h5-6,8-11,14-15,24H,4,7,12-13,16H2,1-3H3,(H,27,29). The van der Waals surface area contributed by atoms with E-state index in [2.05, 4.69) is 34.5 Å². The lowest BCUT2D eigenvalue weighted by Crippen LogP contribution is -2.26. The van der Waals surface area contributed by atoms with Crippen molar-refractivity contribution in [2.75, 3.05) is 32.6 Å². The first-order valence-corrected chi connectivity index (χ1v) is 10.7. The van der Waals surface area contributed by atoms with Gasteiger partial charge < -0.3 is 14.8 Å². The number of ether oxygens (including phenoxy) is 2. The zero-order chi connectivity index (χ0) is 21.8. The maximum atomic E-state index is 12.8. The number of nitrogens with one attached hydrogen (secondary N) is 1. The molecule has 0 radical (unpaired) electrons. The van der Waals surface area contributed by atoms with Gasteiger partial charge in [-0.05, 0) is 42.2 Å². The van der Waals surface area contributed by atoms with Crippen molar-refractivity contribution in [1.29, 1.82) is 0 Å². The number of fused-ring (bicyclic) bond motifs is 1. The Kier molecular flexibility index (Phi) is 6.37. The molecule has 0 saturated heterocycles. The first-order valence-electron chi connectivity index (χ1n) is 10.7. The van der Waals surface area contributed by atoms with Gasteiger partial charge in [0.25, 0.3) is 0 Å². The molecule has 2 aliphatic rings. The SMILES string of the molecule is CCC(=Nc1ccc(CN2CC=CCC2)cc1)C1C(=O)Nc2cc(OC)c(OC)cc21. The molecule has 0 bridgehead atoms. The molecular weight excluding hydrogens is 390 g/mol. The Morgan fingerprint density at radius 2 is 1.87 bits per heavy atom. The molecule has 162 valence electrons. The molecule has 31 heavy (non-hydrogen) atoms. The molecule has 1 N–H and O–H groups in total. The highest BCUT2D eigenvalue weighted by molar-refractivity contribution is 6.19. The number of methoxy groups -OCH3 is 2. The molecule has 1 unspecified atom stereocenters. The van der Waals surface area contributed by atoms with Gasteiger partial charge in [0.1, 0.15) is 5.92 Å². The van der Waals surface area contributed by atoms with Crippen LogP contribution in [0, 0.1) is 0 Å². The molecule has 4 rings (SSSR count). The second-order valence-corrected chi connectivity index (χ2v) is 7.84. The largest absolute Gasteiger partial charge is 0.493 e. The molecule has 6 heteroatoms. The number of carbonyl (C=O) groups is 1. The number of nitrogens with zero attached hydrogens (tertiary/aromatic N) is 2. The summed E-state index contributed by atoms with van der Waals surface area (Å²) in [5, 5.41) is 2.96. The maximum absolute atomic E-state index is 12.8. The molecule has 6 nitrogen and oxygen atoms in total. The third-order valence-electron chi connectivity index (χ3n) is 5.84. The van der Waals surface area contributed by atoms with Crippen LogP contribution in [0.25, 0.3) is 0 Å². The highest BCUT2D eigenvalue weighted by atomic mass is 16.5. The van der Waals surface area contributed by atoms with Gasteiger partial charge in [0.2, 0.25) is 5.91 Å². The minimum absolute atomic E-state index is 0.0688. The van der Waals surface area contributed by atoms with E-state index < -0.39 is 5.92 Å². The van der Waals surface area contributed by atoms with Crippen LogP contribution in [-0.2, 0) is 11.3 Å². The number of rotatable bonds is 7. The van der Waals surface area contributed by atoms with Gasteiger partial charge in [0, 0.05) is 37.1 Å². The zero-order valence-corrected chi connectivity index (χ0v) is 18.4. The summed E-state index contributed by atoms with van der Waals surface area (Å²) in [4.78, 5) is 20.1. The van der Waals surface area contributed by atoms with Gasteiger partial charge in [0.05, 0.1) is 19.9 Å². The fourth-order valence-electron chi connectivity index (χ4n) is 4.20. The smallest absolute Gasteiger partial charge is 0.237 e. The fraction of sp³-hybridized carbons (Fsp3) is 0.360. The van der Waals surface area contributed by atoms with E-state index in [1.165, 1.54) is 5.56 Å². The van der Waals surface area contributed by atoms with Gasteiger partial charge in [-0.2, -0.15) is 0 Å². The molecule has 0 saturated carbocycles. The van der Waals surface area contributed by atoms with Crippen molar-refractivity contribution in [2.24, 2.45) is 4.99 Å². The van der Waals surface area contributed by atoms with Gasteiger partial charge >= 0.3 is 0 Å². The predicted octanol–water partition coefficient (Wildman–Crippen LogP) is 4.68. The van der Waals surface area contributed by atoms with Gasteiger partial charge in [-0.1, -0.05) is 31.2 Å². The van der Waals surface area contributed by atoms with Crippen LogP contribution in [0.15, 0.2) is 53.5 Å². The zero-order valence-electron chi connectivity index (χ0n) is 18.4. The Morgan fingerprint density at radius 1 is 1.13 bits per heavy atom. The van der Waals surface area contributed by atoms with Crippen LogP contribution in [-0.4, -0.2) is 43.8 Å². The van der Waals surface area contributed by atoms with Crippen molar-refractivity contribution >= 4 is 23.0 Å². The molecule has 0 fully saturated rings. The molecule has 1 atom stereocenters. The van der Waals surface area contributed by atoms with Crippen molar-refractivity contribution in [3.63, 3.8) is 0 Å². The first kappa shape index (κ1) is 21.1. The van der Waals surface area contributed by atoms with Gasteiger partial charge in [-0.25, -0.2) is 0 Å². The average molecular weight is 420 g/mol. The van der Waals surface area contributed by atoms with Crippen LogP contribution in [0.3, 0.4) is 0 Å². The van der Waals surface area contributed by atoms with Crippen molar-refractivity contribution in [3.8, 4) is 11.5 Å². The molecule has 2 aliphatic heterocycles. The Bertz CT molecular complexity index is 1010. The topological polar surface area (TPSA) is 63.2 Å². The molecule has 2 aromatic rings. The minimum atomic E-state index is -0.431. The Hall–Kier alpha value is -3.12. The van der Waals surface area contributed by atoms with E-state index in [0.29, 0.717) is 17.9 Å². The lowest BCUT2D eigenvalue weighted by molar-refractivity contribution is -0.115. The van der Waals surface area contributed by atoms with Crippen molar-refractivity contribution < 1.29 is 14.3 Å². The fourth-order valence-corrected chi connectivity index (χ4v) is 4.20. The third-order valence-corrected chi connectivity index (χ3v) is 5.84. The molecular formula is C25H29N3O3. The number of amides is 1. The van der Waals surface area contributed by atoms with Gasteiger partial charge in [0.15, 0.2) is 11.5 Å². The van der Waals surface area contributed by atoms with Crippen LogP contribution >= 0.6 is 0 Å². The van der Waals surface area contributed by atoms with Crippen LogP contribution in [0.4, 0.5) is 11.4 Å². The van der Waals surface area contributed by atoms with E-state index in [0.717, 1.165) is 48.7 Å². The Morgan fingerprint density at radius 3 is 2.52 bits per heavy atom. The van der Waals surface area contributed by atoms with Crippen molar-refractivity contribution in [2.45, 2.75) is 32.2 Å². The van der Waals surface area contributed by atoms with E-state index in [1.54, 1.807) is 14.2 Å². The van der Waals surface area contributed by atoms with E-state index >= 15 is 0 Å². The van der Waals surface area contributed by atoms with Crippen molar-refractivity contribution in [3.05, 3.63) is 59.7 Å². The molecule has 2 aromatic carbocycles. The number of hydrogen-bond acceptors (Lipinski definition) is 5. The number of benzene rings is 2. The predicted molar refractivity (Wildman–Crippen MR) is 124 cm³/mol. The summed E-state index contributed by atoms with van der Waals surface area (Å²) in [6.45, 7) is 5.07. The lowest BCUT2D eigenvalue weighted by Gasteiger charge is -2.22. The summed E-state index contributed by atoms with van der Waals surface area (Å²) in [6, 6.07) is 12.0. The lowest BCUT2D eigenvalue weighted by atomic mass is 9.93. The van der Waals surface area contributed by atoms with Crippen LogP contribution in [0.1, 0.15) is 36.8 Å². The average Bonchev–Trinajstić information content (AvgIpc) is 3.12. The molecule has 1 amide bonds. The summed E-state index contributed by atoms with van der Waals surface area (Å²) in [5.74, 6) is 0.701. The molecule has 0 aliphatic carbocycles. The van der Waals surface area contributed by atoms with E-state index in [1.807, 2.05) is 31.2 Å². The molecule has 0 spiro atoms. The summed E-state index contributed by atoms with van der Waals surface area (Å²) in [5.41, 5.74) is 4.59.